The maximum absolute atomic E-state index is 12.0. The third kappa shape index (κ3) is 1.32. The molecule has 0 aromatic rings. The molecule has 1 heteroatoms. The van der Waals surface area contributed by atoms with E-state index in [9.17, 15) is 4.79 Å². The third-order valence-electron chi connectivity index (χ3n) is 5.03. The summed E-state index contributed by atoms with van der Waals surface area (Å²) in [6.45, 7) is 0. The maximum Gasteiger partial charge on any atom is 0.136 e. The Morgan fingerprint density at radius 2 is 2.07 bits per heavy atom. The van der Waals surface area contributed by atoms with E-state index in [1.165, 1.54) is 32.1 Å². The van der Waals surface area contributed by atoms with Crippen LogP contribution in [-0.2, 0) is 4.79 Å². The number of ketones is 1. The van der Waals surface area contributed by atoms with Crippen LogP contribution >= 0.6 is 0 Å². The second-order valence-electron chi connectivity index (χ2n) is 5.62. The summed E-state index contributed by atoms with van der Waals surface area (Å²) in [5, 5.41) is 0. The molecule has 0 bridgehead atoms. The number of carbonyl (C=O) groups excluding carboxylic acids is 1. The van der Waals surface area contributed by atoms with Crippen LogP contribution in [0.15, 0.2) is 12.2 Å². The van der Waals surface area contributed by atoms with Gasteiger partial charge >= 0.3 is 0 Å². The molecule has 2 fully saturated rings. The predicted molar refractivity (Wildman–Crippen MR) is 60.5 cm³/mol. The average molecular weight is 204 g/mol. The second-order valence-corrected chi connectivity index (χ2v) is 5.62. The van der Waals surface area contributed by atoms with Crippen LogP contribution in [0.1, 0.15) is 51.4 Å². The lowest BCUT2D eigenvalue weighted by Gasteiger charge is -2.52. The van der Waals surface area contributed by atoms with Crippen molar-refractivity contribution in [1.29, 1.82) is 0 Å². The normalized spacial score (nSPS) is 44.7. The summed E-state index contributed by atoms with van der Waals surface area (Å²) in [5.74, 6) is 1.69. The molecule has 82 valence electrons. The van der Waals surface area contributed by atoms with E-state index in [4.69, 9.17) is 0 Å². The molecule has 0 saturated heterocycles. The lowest BCUT2D eigenvalue weighted by molar-refractivity contribution is -0.134. The Morgan fingerprint density at radius 3 is 3.00 bits per heavy atom. The van der Waals surface area contributed by atoms with Crippen molar-refractivity contribution in [2.24, 2.45) is 17.3 Å². The first-order valence-corrected chi connectivity index (χ1v) is 6.52. The van der Waals surface area contributed by atoms with Gasteiger partial charge in [0.05, 0.1) is 0 Å². The molecule has 0 radical (unpaired) electrons. The highest BCUT2D eigenvalue weighted by Gasteiger charge is 2.50. The predicted octanol–water partition coefficient (Wildman–Crippen LogP) is 3.49. The molecule has 3 rings (SSSR count). The molecule has 3 atom stereocenters. The Bertz CT molecular complexity index is 300. The maximum atomic E-state index is 12.0. The van der Waals surface area contributed by atoms with Crippen LogP contribution in [0, 0.1) is 17.3 Å². The standard InChI is InChI=1S/C14H20O/c15-13-8-4-10-14-9-2-1-5-11(14)6-3-7-12(13)14/h3,6,11-12H,1-2,4-5,7-10H2/t11-,12-,14-/m1/s1. The fourth-order valence-corrected chi connectivity index (χ4v) is 4.33. The zero-order chi connectivity index (χ0) is 10.3. The number of allylic oxidation sites excluding steroid dienone is 2. The molecule has 0 unspecified atom stereocenters. The van der Waals surface area contributed by atoms with Gasteiger partial charge in [-0.05, 0) is 43.4 Å². The summed E-state index contributed by atoms with van der Waals surface area (Å²) in [5.41, 5.74) is 0.405. The minimum absolute atomic E-state index is 0.390. The molecule has 3 aliphatic carbocycles. The lowest BCUT2D eigenvalue weighted by atomic mass is 9.51. The van der Waals surface area contributed by atoms with Gasteiger partial charge in [0.2, 0.25) is 0 Å². The molecule has 0 amide bonds. The van der Waals surface area contributed by atoms with Gasteiger partial charge in [-0.15, -0.1) is 0 Å². The van der Waals surface area contributed by atoms with Crippen LogP contribution in [-0.4, -0.2) is 5.78 Å². The number of rotatable bonds is 0. The Labute approximate surface area is 91.9 Å². The van der Waals surface area contributed by atoms with E-state index in [2.05, 4.69) is 12.2 Å². The first-order valence-electron chi connectivity index (χ1n) is 6.52. The van der Waals surface area contributed by atoms with Crippen molar-refractivity contribution < 1.29 is 4.79 Å². The Hall–Kier alpha value is -0.590. The quantitative estimate of drug-likeness (QED) is 0.552. The Kier molecular flexibility index (Phi) is 2.22. The van der Waals surface area contributed by atoms with Gasteiger partial charge in [0, 0.05) is 12.3 Å². The third-order valence-corrected chi connectivity index (χ3v) is 5.03. The van der Waals surface area contributed by atoms with Crippen LogP contribution in [0.25, 0.3) is 0 Å². The number of hydrogen-bond acceptors (Lipinski definition) is 1. The van der Waals surface area contributed by atoms with E-state index >= 15 is 0 Å². The molecule has 3 aliphatic rings. The van der Waals surface area contributed by atoms with Crippen molar-refractivity contribution >= 4 is 5.78 Å². The van der Waals surface area contributed by atoms with Crippen molar-refractivity contribution in [3.63, 3.8) is 0 Å². The molecule has 0 aromatic heterocycles. The summed E-state index contributed by atoms with van der Waals surface area (Å²) in [7, 11) is 0. The molecule has 0 aliphatic heterocycles. The van der Waals surface area contributed by atoms with E-state index in [-0.39, 0.29) is 0 Å². The molecule has 1 nitrogen and oxygen atoms in total. The van der Waals surface area contributed by atoms with Crippen LogP contribution in [0.4, 0.5) is 0 Å². The van der Waals surface area contributed by atoms with Gasteiger partial charge in [0.25, 0.3) is 0 Å². The molecule has 15 heavy (non-hydrogen) atoms. The summed E-state index contributed by atoms with van der Waals surface area (Å²) in [4.78, 5) is 12.0. The minimum Gasteiger partial charge on any atom is -0.299 e. The van der Waals surface area contributed by atoms with Crippen molar-refractivity contribution in [3.8, 4) is 0 Å². The van der Waals surface area contributed by atoms with Crippen LogP contribution in [0.2, 0.25) is 0 Å². The number of hydrogen-bond donors (Lipinski definition) is 0. The highest BCUT2D eigenvalue weighted by molar-refractivity contribution is 5.83. The summed E-state index contributed by atoms with van der Waals surface area (Å²) < 4.78 is 0. The van der Waals surface area contributed by atoms with Crippen molar-refractivity contribution in [3.05, 3.63) is 12.2 Å². The number of carbonyl (C=O) groups is 1. The SMILES string of the molecule is O=C1CCC[C@]23CCCC[C@@H]2C=CC[C@H]13. The van der Waals surface area contributed by atoms with Crippen molar-refractivity contribution in [2.45, 2.75) is 51.4 Å². The molecule has 1 spiro atoms. The second kappa shape index (κ2) is 3.47. The van der Waals surface area contributed by atoms with Crippen molar-refractivity contribution in [2.75, 3.05) is 0 Å². The van der Waals surface area contributed by atoms with Crippen LogP contribution < -0.4 is 0 Å². The molecular weight excluding hydrogens is 184 g/mol. The van der Waals surface area contributed by atoms with E-state index in [1.807, 2.05) is 0 Å². The van der Waals surface area contributed by atoms with Crippen molar-refractivity contribution in [1.82, 2.24) is 0 Å². The summed E-state index contributed by atoms with van der Waals surface area (Å²) in [6, 6.07) is 0. The van der Waals surface area contributed by atoms with Crippen LogP contribution in [0.3, 0.4) is 0 Å². The molecule has 0 aromatic carbocycles. The zero-order valence-corrected chi connectivity index (χ0v) is 9.37. The Morgan fingerprint density at radius 1 is 1.20 bits per heavy atom. The van der Waals surface area contributed by atoms with Gasteiger partial charge in [-0.2, -0.15) is 0 Å². The molecule has 2 saturated carbocycles. The van der Waals surface area contributed by atoms with E-state index in [1.54, 1.807) is 0 Å². The van der Waals surface area contributed by atoms with E-state index in [0.29, 0.717) is 17.1 Å². The zero-order valence-electron chi connectivity index (χ0n) is 9.37. The Balaban J connectivity index is 1.98. The van der Waals surface area contributed by atoms with E-state index < -0.39 is 0 Å². The number of Topliss-reactive ketones (excluding diaryl/α,β-unsaturated/α-hetero) is 1. The fourth-order valence-electron chi connectivity index (χ4n) is 4.33. The molecular formula is C14H20O. The van der Waals surface area contributed by atoms with Gasteiger partial charge in [0.15, 0.2) is 0 Å². The monoisotopic (exact) mass is 204 g/mol. The highest BCUT2D eigenvalue weighted by atomic mass is 16.1. The summed E-state index contributed by atoms with van der Waals surface area (Å²) >= 11 is 0. The molecule has 0 N–H and O–H groups in total. The van der Waals surface area contributed by atoms with Gasteiger partial charge < -0.3 is 0 Å². The largest absolute Gasteiger partial charge is 0.299 e. The fraction of sp³-hybridized carbons (Fsp3) is 0.786. The molecule has 0 heterocycles. The first kappa shape index (κ1) is 9.62. The average Bonchev–Trinajstić information content (AvgIpc) is 2.27. The summed E-state index contributed by atoms with van der Waals surface area (Å²) in [6.07, 6.45) is 14.4. The lowest BCUT2D eigenvalue weighted by Crippen LogP contribution is -2.47. The first-order chi connectivity index (χ1) is 7.33. The highest BCUT2D eigenvalue weighted by Crippen LogP contribution is 2.56. The van der Waals surface area contributed by atoms with E-state index in [0.717, 1.165) is 25.2 Å². The van der Waals surface area contributed by atoms with Gasteiger partial charge in [-0.25, -0.2) is 0 Å². The smallest absolute Gasteiger partial charge is 0.136 e. The topological polar surface area (TPSA) is 17.1 Å². The van der Waals surface area contributed by atoms with Gasteiger partial charge in [0.1, 0.15) is 5.78 Å². The minimum atomic E-state index is 0.390. The van der Waals surface area contributed by atoms with Gasteiger partial charge in [-0.1, -0.05) is 25.0 Å². The van der Waals surface area contributed by atoms with Gasteiger partial charge in [-0.3, -0.25) is 4.79 Å². The van der Waals surface area contributed by atoms with Crippen LogP contribution in [0.5, 0.6) is 0 Å².